The monoisotopic (exact) mass is 271 g/mol. The first-order chi connectivity index (χ1) is 9.72. The summed E-state index contributed by atoms with van der Waals surface area (Å²) >= 11 is 0. The van der Waals surface area contributed by atoms with Gasteiger partial charge in [-0.05, 0) is 42.5 Å². The highest BCUT2D eigenvalue weighted by Gasteiger charge is 2.05. The molecule has 3 rings (SSSR count). The van der Waals surface area contributed by atoms with Crippen molar-refractivity contribution in [2.75, 3.05) is 0 Å². The van der Waals surface area contributed by atoms with E-state index < -0.39 is 11.6 Å². The van der Waals surface area contributed by atoms with Gasteiger partial charge in [0.25, 0.3) is 0 Å². The molecule has 0 saturated carbocycles. The Balaban J connectivity index is 1.81. The number of aromatic nitrogens is 1. The van der Waals surface area contributed by atoms with Crippen LogP contribution in [0.25, 0.3) is 10.9 Å². The fraction of sp³-hybridized carbons (Fsp3) is 0.0625. The molecule has 1 aromatic heterocycles. The van der Waals surface area contributed by atoms with Crippen molar-refractivity contribution in [1.29, 1.82) is 0 Å². The maximum absolute atomic E-state index is 13.5. The zero-order valence-corrected chi connectivity index (χ0v) is 10.5. The Morgan fingerprint density at radius 3 is 2.80 bits per heavy atom. The molecule has 0 fully saturated rings. The first-order valence-electron chi connectivity index (χ1n) is 6.14. The summed E-state index contributed by atoms with van der Waals surface area (Å²) in [5.41, 5.74) is 1.05. The zero-order chi connectivity index (χ0) is 13.9. The van der Waals surface area contributed by atoms with E-state index in [9.17, 15) is 8.78 Å². The van der Waals surface area contributed by atoms with Crippen molar-refractivity contribution >= 4 is 10.9 Å². The van der Waals surface area contributed by atoms with Crippen molar-refractivity contribution in [3.05, 3.63) is 71.9 Å². The highest BCUT2D eigenvalue weighted by atomic mass is 19.1. The van der Waals surface area contributed by atoms with Gasteiger partial charge in [0, 0.05) is 17.1 Å². The largest absolute Gasteiger partial charge is 0.489 e. The van der Waals surface area contributed by atoms with Crippen LogP contribution in [0.1, 0.15) is 5.56 Å². The molecule has 0 aliphatic heterocycles. The van der Waals surface area contributed by atoms with Gasteiger partial charge >= 0.3 is 0 Å². The summed E-state index contributed by atoms with van der Waals surface area (Å²) < 4.78 is 32.0. The van der Waals surface area contributed by atoms with Crippen molar-refractivity contribution in [1.82, 2.24) is 4.98 Å². The van der Waals surface area contributed by atoms with Crippen LogP contribution in [0, 0.1) is 11.6 Å². The number of pyridine rings is 1. The second kappa shape index (κ2) is 5.25. The number of fused-ring (bicyclic) bond motifs is 1. The van der Waals surface area contributed by atoms with Crippen LogP contribution in [0.2, 0.25) is 0 Å². The van der Waals surface area contributed by atoms with Gasteiger partial charge in [-0.25, -0.2) is 8.78 Å². The third kappa shape index (κ3) is 2.59. The lowest BCUT2D eigenvalue weighted by Gasteiger charge is -2.08. The zero-order valence-electron chi connectivity index (χ0n) is 10.5. The second-order valence-corrected chi connectivity index (χ2v) is 4.38. The summed E-state index contributed by atoms with van der Waals surface area (Å²) in [7, 11) is 0. The average molecular weight is 271 g/mol. The molecule has 20 heavy (non-hydrogen) atoms. The molecule has 0 saturated heterocycles. The number of hydrogen-bond donors (Lipinski definition) is 0. The number of hydrogen-bond acceptors (Lipinski definition) is 2. The molecule has 0 radical (unpaired) electrons. The van der Waals surface area contributed by atoms with Crippen molar-refractivity contribution in [2.45, 2.75) is 6.61 Å². The standard InChI is InChI=1S/C16H11F2NO/c17-13-3-5-15(18)12(8-13)10-20-14-4-6-16-11(9-14)2-1-7-19-16/h1-9H,10H2. The molecule has 0 spiro atoms. The lowest BCUT2D eigenvalue weighted by atomic mass is 10.2. The Morgan fingerprint density at radius 2 is 1.90 bits per heavy atom. The molecule has 1 heterocycles. The average Bonchev–Trinajstić information content (AvgIpc) is 2.48. The highest BCUT2D eigenvalue weighted by molar-refractivity contribution is 5.79. The second-order valence-electron chi connectivity index (χ2n) is 4.38. The molecule has 0 bridgehead atoms. The summed E-state index contributed by atoms with van der Waals surface area (Å²) in [6, 6.07) is 12.5. The number of halogens is 2. The van der Waals surface area contributed by atoms with E-state index >= 15 is 0 Å². The van der Waals surface area contributed by atoms with Crippen LogP contribution >= 0.6 is 0 Å². The Kier molecular flexibility index (Phi) is 3.29. The molecule has 2 aromatic carbocycles. The molecule has 100 valence electrons. The van der Waals surface area contributed by atoms with Gasteiger partial charge in [0.1, 0.15) is 24.0 Å². The van der Waals surface area contributed by atoms with Gasteiger partial charge in [0.15, 0.2) is 0 Å². The van der Waals surface area contributed by atoms with Crippen molar-refractivity contribution in [3.8, 4) is 5.75 Å². The summed E-state index contributed by atoms with van der Waals surface area (Å²) in [5, 5.41) is 0.935. The van der Waals surface area contributed by atoms with Crippen LogP contribution in [0.5, 0.6) is 5.75 Å². The van der Waals surface area contributed by atoms with Gasteiger partial charge in [-0.3, -0.25) is 4.98 Å². The fourth-order valence-electron chi connectivity index (χ4n) is 1.96. The Labute approximate surface area is 114 Å². The summed E-state index contributed by atoms with van der Waals surface area (Å²) in [6.07, 6.45) is 1.71. The Morgan fingerprint density at radius 1 is 1.00 bits per heavy atom. The first kappa shape index (κ1) is 12.5. The van der Waals surface area contributed by atoms with Crippen LogP contribution in [0.3, 0.4) is 0 Å². The molecule has 4 heteroatoms. The number of nitrogens with zero attached hydrogens (tertiary/aromatic N) is 1. The molecule has 0 amide bonds. The maximum atomic E-state index is 13.5. The maximum Gasteiger partial charge on any atom is 0.130 e. The van der Waals surface area contributed by atoms with Gasteiger partial charge in [0.2, 0.25) is 0 Å². The molecular weight excluding hydrogens is 260 g/mol. The van der Waals surface area contributed by atoms with E-state index in [4.69, 9.17) is 4.74 Å². The predicted molar refractivity (Wildman–Crippen MR) is 72.4 cm³/mol. The van der Waals surface area contributed by atoms with E-state index in [2.05, 4.69) is 4.98 Å². The fourth-order valence-corrected chi connectivity index (χ4v) is 1.96. The van der Waals surface area contributed by atoms with Gasteiger partial charge in [-0.1, -0.05) is 6.07 Å². The van der Waals surface area contributed by atoms with Crippen molar-refractivity contribution < 1.29 is 13.5 Å². The van der Waals surface area contributed by atoms with Crippen LogP contribution < -0.4 is 4.74 Å². The van der Waals surface area contributed by atoms with E-state index in [1.807, 2.05) is 24.3 Å². The third-order valence-electron chi connectivity index (χ3n) is 2.98. The van der Waals surface area contributed by atoms with E-state index in [1.54, 1.807) is 12.3 Å². The Bertz CT molecular complexity index is 758. The molecule has 0 atom stereocenters. The normalized spacial score (nSPS) is 10.7. The quantitative estimate of drug-likeness (QED) is 0.715. The smallest absolute Gasteiger partial charge is 0.130 e. The number of benzene rings is 2. The molecule has 0 unspecified atom stereocenters. The molecule has 3 aromatic rings. The van der Waals surface area contributed by atoms with Crippen LogP contribution in [0.4, 0.5) is 8.78 Å². The summed E-state index contributed by atoms with van der Waals surface area (Å²) in [4.78, 5) is 4.20. The van der Waals surface area contributed by atoms with Gasteiger partial charge < -0.3 is 4.74 Å². The first-order valence-corrected chi connectivity index (χ1v) is 6.14. The minimum atomic E-state index is -0.479. The highest BCUT2D eigenvalue weighted by Crippen LogP contribution is 2.20. The molecule has 0 aliphatic rings. The van der Waals surface area contributed by atoms with Crippen molar-refractivity contribution in [2.24, 2.45) is 0 Å². The lowest BCUT2D eigenvalue weighted by Crippen LogP contribution is -1.99. The molecule has 0 aliphatic carbocycles. The summed E-state index contributed by atoms with van der Waals surface area (Å²) in [5.74, 6) is -0.365. The van der Waals surface area contributed by atoms with Crippen LogP contribution in [-0.4, -0.2) is 4.98 Å². The van der Waals surface area contributed by atoms with Crippen LogP contribution in [0.15, 0.2) is 54.7 Å². The molecular formula is C16H11F2NO. The minimum absolute atomic E-state index is 0.0185. The molecule has 0 N–H and O–H groups in total. The van der Waals surface area contributed by atoms with Gasteiger partial charge in [-0.2, -0.15) is 0 Å². The van der Waals surface area contributed by atoms with E-state index in [0.29, 0.717) is 5.75 Å². The van der Waals surface area contributed by atoms with E-state index in [1.165, 1.54) is 0 Å². The Hall–Kier alpha value is -2.49. The van der Waals surface area contributed by atoms with E-state index in [-0.39, 0.29) is 12.2 Å². The third-order valence-corrected chi connectivity index (χ3v) is 2.98. The SMILES string of the molecule is Fc1ccc(F)c(COc2ccc3ncccc3c2)c1. The number of ether oxygens (including phenoxy) is 1. The summed E-state index contributed by atoms with van der Waals surface area (Å²) in [6.45, 7) is -0.0185. The number of rotatable bonds is 3. The van der Waals surface area contributed by atoms with Crippen molar-refractivity contribution in [3.63, 3.8) is 0 Å². The van der Waals surface area contributed by atoms with E-state index in [0.717, 1.165) is 29.1 Å². The van der Waals surface area contributed by atoms with Gasteiger partial charge in [0.05, 0.1) is 5.52 Å². The molecule has 2 nitrogen and oxygen atoms in total. The lowest BCUT2D eigenvalue weighted by molar-refractivity contribution is 0.299. The predicted octanol–water partition coefficient (Wildman–Crippen LogP) is 4.09. The topological polar surface area (TPSA) is 22.1 Å². The van der Waals surface area contributed by atoms with Crippen LogP contribution in [-0.2, 0) is 6.61 Å². The van der Waals surface area contributed by atoms with Gasteiger partial charge in [-0.15, -0.1) is 0 Å². The minimum Gasteiger partial charge on any atom is -0.489 e.